The Morgan fingerprint density at radius 3 is 2.87 bits per heavy atom. The van der Waals surface area contributed by atoms with Crippen molar-refractivity contribution in [2.24, 2.45) is 13.0 Å². The Morgan fingerprint density at radius 1 is 1.22 bits per heavy atom. The third-order valence-corrected chi connectivity index (χ3v) is 5.87. The highest BCUT2D eigenvalue weighted by atomic mass is 16.5. The second-order valence-electron chi connectivity index (χ2n) is 7.29. The molecule has 1 saturated heterocycles. The van der Waals surface area contributed by atoms with Crippen molar-refractivity contribution in [3.63, 3.8) is 0 Å². The minimum absolute atomic E-state index is 0.380. The summed E-state index contributed by atoms with van der Waals surface area (Å²) >= 11 is 0. The highest BCUT2D eigenvalue weighted by molar-refractivity contribution is 5.08. The zero-order valence-corrected chi connectivity index (χ0v) is 14.3. The van der Waals surface area contributed by atoms with Crippen LogP contribution in [0, 0.1) is 5.92 Å². The van der Waals surface area contributed by atoms with Crippen molar-refractivity contribution >= 4 is 0 Å². The number of methoxy groups -OCH3 is 1. The van der Waals surface area contributed by atoms with Crippen LogP contribution in [0.25, 0.3) is 0 Å². The van der Waals surface area contributed by atoms with Crippen LogP contribution in [0.1, 0.15) is 49.7 Å². The van der Waals surface area contributed by atoms with Crippen LogP contribution in [0.5, 0.6) is 0 Å². The topological polar surface area (TPSA) is 52.4 Å². The van der Waals surface area contributed by atoms with Gasteiger partial charge in [0, 0.05) is 38.6 Å². The van der Waals surface area contributed by atoms with Crippen LogP contribution in [-0.4, -0.2) is 58.7 Å². The molecule has 128 valence electrons. The maximum Gasteiger partial charge on any atom is 0.146 e. The maximum absolute atomic E-state index is 5.80. The van der Waals surface area contributed by atoms with Crippen LogP contribution >= 0.6 is 0 Å². The molecule has 2 aliphatic carbocycles. The van der Waals surface area contributed by atoms with Crippen molar-refractivity contribution < 1.29 is 9.47 Å². The number of hydrogen-bond donors (Lipinski definition) is 0. The van der Waals surface area contributed by atoms with Crippen LogP contribution in [0.3, 0.4) is 0 Å². The van der Waals surface area contributed by atoms with Gasteiger partial charge in [0.25, 0.3) is 0 Å². The predicted octanol–water partition coefficient (Wildman–Crippen LogP) is 1.71. The monoisotopic (exact) mass is 320 g/mol. The molecule has 6 nitrogen and oxygen atoms in total. The number of ether oxygens (including phenoxy) is 2. The lowest BCUT2D eigenvalue weighted by atomic mass is 9.94. The highest BCUT2D eigenvalue weighted by Crippen LogP contribution is 2.39. The molecule has 23 heavy (non-hydrogen) atoms. The van der Waals surface area contributed by atoms with Crippen molar-refractivity contribution in [2.75, 3.05) is 26.9 Å². The zero-order valence-electron chi connectivity index (χ0n) is 14.3. The van der Waals surface area contributed by atoms with E-state index in [-0.39, 0.29) is 0 Å². The third kappa shape index (κ3) is 3.04. The maximum atomic E-state index is 5.80. The summed E-state index contributed by atoms with van der Waals surface area (Å²) in [6.07, 6.45) is 6.61. The van der Waals surface area contributed by atoms with Crippen molar-refractivity contribution in [1.82, 2.24) is 19.7 Å². The van der Waals surface area contributed by atoms with E-state index in [0.717, 1.165) is 32.1 Å². The summed E-state index contributed by atoms with van der Waals surface area (Å²) in [6, 6.07) is 0.442. The van der Waals surface area contributed by atoms with Gasteiger partial charge in [-0.25, -0.2) is 0 Å². The second kappa shape index (κ2) is 6.49. The van der Waals surface area contributed by atoms with Gasteiger partial charge in [-0.3, -0.25) is 4.90 Å². The van der Waals surface area contributed by atoms with Crippen molar-refractivity contribution in [3.8, 4) is 0 Å². The van der Waals surface area contributed by atoms with Gasteiger partial charge in [-0.15, -0.1) is 10.2 Å². The average molecular weight is 320 g/mol. The van der Waals surface area contributed by atoms with Crippen molar-refractivity contribution in [3.05, 3.63) is 11.6 Å². The van der Waals surface area contributed by atoms with Crippen LogP contribution in [-0.2, 0) is 23.1 Å². The summed E-state index contributed by atoms with van der Waals surface area (Å²) < 4.78 is 13.7. The smallest absolute Gasteiger partial charge is 0.146 e. The molecule has 2 saturated carbocycles. The molecule has 3 aliphatic rings. The fourth-order valence-electron chi connectivity index (χ4n) is 4.33. The molecule has 0 N–H and O–H groups in total. The first kappa shape index (κ1) is 15.5. The number of morpholine rings is 1. The third-order valence-electron chi connectivity index (χ3n) is 5.87. The van der Waals surface area contributed by atoms with Crippen LogP contribution in [0.4, 0.5) is 0 Å². The lowest BCUT2D eigenvalue weighted by Gasteiger charge is -2.40. The van der Waals surface area contributed by atoms with Crippen molar-refractivity contribution in [2.45, 2.75) is 56.7 Å². The van der Waals surface area contributed by atoms with E-state index in [0.29, 0.717) is 24.0 Å². The Balaban J connectivity index is 1.49. The minimum atomic E-state index is 0.380. The fraction of sp³-hybridized carbons (Fsp3) is 0.882. The Morgan fingerprint density at radius 2 is 2.09 bits per heavy atom. The molecular weight excluding hydrogens is 292 g/mol. The average Bonchev–Trinajstić information content (AvgIpc) is 3.19. The number of aromatic nitrogens is 3. The van der Waals surface area contributed by atoms with E-state index in [9.17, 15) is 0 Å². The number of hydrogen-bond acceptors (Lipinski definition) is 5. The molecule has 0 aromatic carbocycles. The molecule has 0 unspecified atom stereocenters. The largest absolute Gasteiger partial charge is 0.381 e. The van der Waals surface area contributed by atoms with E-state index in [1.807, 2.05) is 7.11 Å². The van der Waals surface area contributed by atoms with Crippen LogP contribution in [0.2, 0.25) is 0 Å². The standard InChI is InChI=1S/C17H28N4O2/c1-20-16(18-19-17(20)12-6-7-12)10-21-8-9-23-11-14(21)13-4-3-5-15(13)22-2/h12-15H,3-11H2,1-2H3/t13-,14+,15-/m1/s1. The van der Waals surface area contributed by atoms with E-state index in [4.69, 9.17) is 9.47 Å². The molecular formula is C17H28N4O2. The molecule has 1 aromatic rings. The van der Waals surface area contributed by atoms with E-state index in [1.165, 1.54) is 37.9 Å². The summed E-state index contributed by atoms with van der Waals surface area (Å²) in [7, 11) is 3.97. The molecule has 0 bridgehead atoms. The first-order valence-corrected chi connectivity index (χ1v) is 9.00. The van der Waals surface area contributed by atoms with Gasteiger partial charge in [0.05, 0.1) is 25.9 Å². The van der Waals surface area contributed by atoms with Gasteiger partial charge in [-0.2, -0.15) is 0 Å². The zero-order chi connectivity index (χ0) is 15.8. The molecule has 1 aromatic heterocycles. The SMILES string of the molecule is CO[C@@H]1CCC[C@@H]1[C@@H]1COCCN1Cc1nnc(C2CC2)n1C. The van der Waals surface area contributed by atoms with Gasteiger partial charge in [0.2, 0.25) is 0 Å². The number of nitrogens with zero attached hydrogens (tertiary/aromatic N) is 4. The molecule has 0 radical (unpaired) electrons. The lowest BCUT2D eigenvalue weighted by molar-refractivity contribution is -0.0618. The molecule has 4 rings (SSSR count). The Labute approximate surface area is 138 Å². The Hall–Kier alpha value is -0.980. The van der Waals surface area contributed by atoms with E-state index in [2.05, 4.69) is 26.7 Å². The predicted molar refractivity (Wildman–Crippen MR) is 86.1 cm³/mol. The molecule has 0 spiro atoms. The van der Waals surface area contributed by atoms with Gasteiger partial charge in [0.1, 0.15) is 11.6 Å². The van der Waals surface area contributed by atoms with Crippen LogP contribution in [0.15, 0.2) is 0 Å². The van der Waals surface area contributed by atoms with Gasteiger partial charge in [-0.05, 0) is 25.7 Å². The Kier molecular flexibility index (Phi) is 4.39. The molecule has 0 amide bonds. The van der Waals surface area contributed by atoms with Gasteiger partial charge in [0.15, 0.2) is 0 Å². The normalized spacial score (nSPS) is 32.5. The minimum Gasteiger partial charge on any atom is -0.381 e. The van der Waals surface area contributed by atoms with E-state index < -0.39 is 0 Å². The Bertz CT molecular complexity index is 543. The fourth-order valence-corrected chi connectivity index (χ4v) is 4.33. The highest BCUT2D eigenvalue weighted by Gasteiger charge is 2.39. The molecule has 3 fully saturated rings. The van der Waals surface area contributed by atoms with Crippen molar-refractivity contribution in [1.29, 1.82) is 0 Å². The summed E-state index contributed by atoms with van der Waals surface area (Å²) in [5, 5.41) is 8.90. The first-order valence-electron chi connectivity index (χ1n) is 9.00. The summed E-state index contributed by atoms with van der Waals surface area (Å²) in [5.74, 6) is 3.48. The lowest BCUT2D eigenvalue weighted by Crippen LogP contribution is -2.51. The van der Waals surface area contributed by atoms with E-state index in [1.54, 1.807) is 0 Å². The molecule has 2 heterocycles. The van der Waals surface area contributed by atoms with E-state index >= 15 is 0 Å². The van der Waals surface area contributed by atoms with Gasteiger partial charge < -0.3 is 14.0 Å². The first-order chi connectivity index (χ1) is 11.3. The summed E-state index contributed by atoms with van der Waals surface area (Å²) in [6.45, 7) is 3.48. The van der Waals surface area contributed by atoms with Gasteiger partial charge >= 0.3 is 0 Å². The molecule has 1 aliphatic heterocycles. The summed E-state index contributed by atoms with van der Waals surface area (Å²) in [5.41, 5.74) is 0. The quantitative estimate of drug-likeness (QED) is 0.827. The molecule has 6 heteroatoms. The summed E-state index contributed by atoms with van der Waals surface area (Å²) in [4.78, 5) is 2.55. The van der Waals surface area contributed by atoms with Gasteiger partial charge in [-0.1, -0.05) is 6.42 Å². The second-order valence-corrected chi connectivity index (χ2v) is 7.29. The van der Waals surface area contributed by atoms with Crippen LogP contribution < -0.4 is 0 Å². The molecule has 3 atom stereocenters. The number of rotatable bonds is 5.